The number of halogens is 2. The van der Waals surface area contributed by atoms with Crippen molar-refractivity contribution in [2.75, 3.05) is 43.9 Å². The molecule has 2 fully saturated rings. The highest BCUT2D eigenvalue weighted by Gasteiger charge is 2.38. The Balaban J connectivity index is 1.22. The highest BCUT2D eigenvalue weighted by atomic mass is 35.5. The monoisotopic (exact) mass is 509 g/mol. The zero-order chi connectivity index (χ0) is 25.2. The van der Waals surface area contributed by atoms with Crippen molar-refractivity contribution in [1.29, 1.82) is 0 Å². The van der Waals surface area contributed by atoms with Crippen molar-refractivity contribution in [3.05, 3.63) is 59.1 Å². The molecule has 0 radical (unpaired) electrons. The number of carbonyl (C=O) groups is 1. The molecule has 1 saturated heterocycles. The Morgan fingerprint density at radius 1 is 1.08 bits per heavy atom. The number of aryl methyl sites for hydroxylation is 1. The van der Waals surface area contributed by atoms with E-state index in [-0.39, 0.29) is 17.4 Å². The molecular formula is C26H29ClFN7O. The fourth-order valence-corrected chi connectivity index (χ4v) is 4.82. The lowest BCUT2D eigenvalue weighted by atomic mass is 9.78. The maximum Gasteiger partial charge on any atom is 0.228 e. The number of rotatable bonds is 6. The van der Waals surface area contributed by atoms with Crippen LogP contribution in [0.2, 0.25) is 5.02 Å². The molecule has 2 N–H and O–H groups in total. The number of amides is 1. The Hall–Kier alpha value is -3.14. The predicted octanol–water partition coefficient (Wildman–Crippen LogP) is 4.35. The summed E-state index contributed by atoms with van der Waals surface area (Å²) in [6.07, 6.45) is 3.41. The molecule has 8 nitrogen and oxygen atoms in total. The van der Waals surface area contributed by atoms with Crippen molar-refractivity contribution in [1.82, 2.24) is 25.0 Å². The molecule has 3 heterocycles. The largest absolute Gasteiger partial charge is 0.354 e. The Bertz CT molecular complexity index is 1260. The number of carbonyl (C=O) groups excluding carboxylic acids is 1. The summed E-state index contributed by atoms with van der Waals surface area (Å²) in [5.41, 5.74) is 2.67. The minimum Gasteiger partial charge on any atom is -0.354 e. The van der Waals surface area contributed by atoms with Crippen LogP contribution >= 0.6 is 11.6 Å². The summed E-state index contributed by atoms with van der Waals surface area (Å²) < 4.78 is 14.3. The molecular weight excluding hydrogens is 481 g/mol. The van der Waals surface area contributed by atoms with Crippen LogP contribution in [0.1, 0.15) is 18.5 Å². The molecule has 1 aliphatic heterocycles. The fraction of sp³-hybridized carbons (Fsp3) is 0.385. The first kappa shape index (κ1) is 24.5. The van der Waals surface area contributed by atoms with Gasteiger partial charge in [-0.25, -0.2) is 9.37 Å². The summed E-state index contributed by atoms with van der Waals surface area (Å²) in [7, 11) is 2.15. The van der Waals surface area contributed by atoms with Crippen molar-refractivity contribution < 1.29 is 9.18 Å². The normalized spacial score (nSPS) is 20.6. The number of nitrogens with zero attached hydrogens (tertiary/aromatic N) is 5. The molecule has 1 aromatic carbocycles. The third-order valence-corrected chi connectivity index (χ3v) is 7.25. The molecule has 1 saturated carbocycles. The number of hydrogen-bond acceptors (Lipinski definition) is 7. The van der Waals surface area contributed by atoms with E-state index in [9.17, 15) is 9.18 Å². The lowest BCUT2D eigenvalue weighted by Crippen LogP contribution is -2.54. The number of anilines is 3. The molecule has 2 aliphatic rings. The molecule has 1 amide bonds. The zero-order valence-corrected chi connectivity index (χ0v) is 21.1. The Morgan fingerprint density at radius 2 is 1.86 bits per heavy atom. The van der Waals surface area contributed by atoms with Gasteiger partial charge in [-0.2, -0.15) is 10.2 Å². The lowest BCUT2D eigenvalue weighted by Gasteiger charge is -2.45. The molecule has 1 aliphatic carbocycles. The third-order valence-electron chi connectivity index (χ3n) is 7.01. The summed E-state index contributed by atoms with van der Waals surface area (Å²) >= 11 is 6.04. The van der Waals surface area contributed by atoms with Gasteiger partial charge >= 0.3 is 0 Å². The Morgan fingerprint density at radius 3 is 2.64 bits per heavy atom. The second kappa shape index (κ2) is 10.5. The molecule has 10 heteroatoms. The first-order chi connectivity index (χ1) is 17.4. The van der Waals surface area contributed by atoms with Crippen LogP contribution < -0.4 is 10.6 Å². The van der Waals surface area contributed by atoms with Gasteiger partial charge in [0.15, 0.2) is 0 Å². The average molecular weight is 510 g/mol. The first-order valence-corrected chi connectivity index (χ1v) is 12.5. The van der Waals surface area contributed by atoms with Crippen molar-refractivity contribution in [2.24, 2.45) is 5.92 Å². The smallest absolute Gasteiger partial charge is 0.228 e. The molecule has 0 spiro atoms. The fourth-order valence-electron chi connectivity index (χ4n) is 4.65. The van der Waals surface area contributed by atoms with Crippen molar-refractivity contribution in [3.63, 3.8) is 0 Å². The molecule has 2 aromatic heterocycles. The molecule has 0 unspecified atom stereocenters. The average Bonchev–Trinajstić information content (AvgIpc) is 2.83. The summed E-state index contributed by atoms with van der Waals surface area (Å²) in [6, 6.07) is 10.1. The van der Waals surface area contributed by atoms with E-state index in [1.54, 1.807) is 24.4 Å². The highest BCUT2D eigenvalue weighted by Crippen LogP contribution is 2.33. The minimum atomic E-state index is -0.428. The van der Waals surface area contributed by atoms with Crippen LogP contribution in [0, 0.1) is 18.7 Å². The van der Waals surface area contributed by atoms with Crippen molar-refractivity contribution in [3.8, 4) is 11.3 Å². The van der Waals surface area contributed by atoms with Gasteiger partial charge in [0.2, 0.25) is 5.91 Å². The van der Waals surface area contributed by atoms with E-state index in [4.69, 9.17) is 11.6 Å². The van der Waals surface area contributed by atoms with Gasteiger partial charge in [0, 0.05) is 66.7 Å². The van der Waals surface area contributed by atoms with Crippen LogP contribution in [0.15, 0.2) is 42.6 Å². The van der Waals surface area contributed by atoms with Crippen molar-refractivity contribution in [2.45, 2.75) is 25.8 Å². The summed E-state index contributed by atoms with van der Waals surface area (Å²) in [5, 5.41) is 14.9. The van der Waals surface area contributed by atoms with E-state index in [2.05, 4.69) is 42.7 Å². The van der Waals surface area contributed by atoms with E-state index < -0.39 is 5.82 Å². The molecule has 0 atom stereocenters. The van der Waals surface area contributed by atoms with Crippen LogP contribution in [0.4, 0.5) is 21.6 Å². The molecule has 3 aromatic rings. The highest BCUT2D eigenvalue weighted by molar-refractivity contribution is 6.30. The van der Waals surface area contributed by atoms with Gasteiger partial charge in [-0.1, -0.05) is 11.6 Å². The van der Waals surface area contributed by atoms with Gasteiger partial charge in [-0.3, -0.25) is 9.69 Å². The number of likely N-dealkylation sites (N-methyl/N-ethyl adjacent to an activating group) is 1. The second-order valence-electron chi connectivity index (χ2n) is 9.56. The van der Waals surface area contributed by atoms with Crippen molar-refractivity contribution >= 4 is 34.7 Å². The van der Waals surface area contributed by atoms with Gasteiger partial charge in [0.25, 0.3) is 0 Å². The third kappa shape index (κ3) is 5.48. The SMILES string of the molecule is Cc1nnc(-c2cc(Cl)ccc2F)cc1Nc1ccnc(NC(=O)C2CC(N3CCN(C)CC3)C2)c1. The second-order valence-corrected chi connectivity index (χ2v) is 9.99. The van der Waals surface area contributed by atoms with Crippen LogP contribution in [0.25, 0.3) is 11.3 Å². The van der Waals surface area contributed by atoms with E-state index in [1.165, 1.54) is 18.2 Å². The summed E-state index contributed by atoms with van der Waals surface area (Å²) in [4.78, 5) is 21.9. The van der Waals surface area contributed by atoms with Gasteiger partial charge in [0.1, 0.15) is 11.6 Å². The molecule has 5 rings (SSSR count). The quantitative estimate of drug-likeness (QED) is 0.511. The zero-order valence-electron chi connectivity index (χ0n) is 20.3. The van der Waals surface area contributed by atoms with E-state index in [0.29, 0.717) is 34.0 Å². The maximum atomic E-state index is 14.3. The maximum absolute atomic E-state index is 14.3. The van der Waals surface area contributed by atoms with Crippen LogP contribution in [-0.2, 0) is 4.79 Å². The van der Waals surface area contributed by atoms with Gasteiger partial charge in [-0.15, -0.1) is 0 Å². The number of hydrogen-bond donors (Lipinski definition) is 2. The van der Waals surface area contributed by atoms with Gasteiger partial charge < -0.3 is 15.5 Å². The van der Waals surface area contributed by atoms with Gasteiger partial charge in [-0.05, 0) is 57.1 Å². The summed E-state index contributed by atoms with van der Waals surface area (Å²) in [6.45, 7) is 6.11. The van der Waals surface area contributed by atoms with E-state index in [1.807, 2.05) is 6.92 Å². The van der Waals surface area contributed by atoms with Crippen LogP contribution in [0.3, 0.4) is 0 Å². The van der Waals surface area contributed by atoms with E-state index in [0.717, 1.165) is 44.7 Å². The standard InChI is InChI=1S/C26H29ClFN7O/c1-16-23(15-24(33-32-16)21-13-18(27)3-4-22(21)28)30-19-5-6-29-25(14-19)31-26(36)17-11-20(12-17)35-9-7-34(2)8-10-35/h3-6,13-15,17,20H,7-12H2,1-2H3,(H2,29,30,31,33,36). The first-order valence-electron chi connectivity index (χ1n) is 12.1. The topological polar surface area (TPSA) is 86.3 Å². The number of nitrogens with one attached hydrogen (secondary N) is 2. The Kier molecular flexibility index (Phi) is 7.13. The van der Waals surface area contributed by atoms with Crippen LogP contribution in [0.5, 0.6) is 0 Å². The van der Waals surface area contributed by atoms with Gasteiger partial charge in [0.05, 0.1) is 17.1 Å². The number of piperazine rings is 1. The Labute approximate surface area is 214 Å². The lowest BCUT2D eigenvalue weighted by molar-refractivity contribution is -0.124. The predicted molar refractivity (Wildman–Crippen MR) is 139 cm³/mol. The molecule has 188 valence electrons. The number of aromatic nitrogens is 3. The number of benzene rings is 1. The minimum absolute atomic E-state index is 0.00510. The molecule has 36 heavy (non-hydrogen) atoms. The van der Waals surface area contributed by atoms with Crippen LogP contribution in [-0.4, -0.2) is 70.2 Å². The number of pyridine rings is 1. The van der Waals surface area contributed by atoms with E-state index >= 15 is 0 Å². The molecule has 0 bridgehead atoms. The summed E-state index contributed by atoms with van der Waals surface area (Å²) in [5.74, 6) is 0.0671.